The van der Waals surface area contributed by atoms with Gasteiger partial charge in [0.2, 0.25) is 0 Å². The number of rotatable bonds is 7. The Bertz CT molecular complexity index is 1000. The van der Waals surface area contributed by atoms with E-state index in [0.29, 0.717) is 18.0 Å². The molecule has 0 radical (unpaired) electrons. The van der Waals surface area contributed by atoms with Crippen molar-refractivity contribution in [2.75, 3.05) is 31.5 Å². The monoisotopic (exact) mass is 466 g/mol. The third kappa shape index (κ3) is 6.32. The van der Waals surface area contributed by atoms with Gasteiger partial charge >= 0.3 is 6.03 Å². The molecule has 1 heterocycles. The molecule has 34 heavy (non-hydrogen) atoms. The van der Waals surface area contributed by atoms with Crippen molar-refractivity contribution in [3.8, 4) is 6.07 Å². The fourth-order valence-electron chi connectivity index (χ4n) is 5.33. The number of nitriles is 1. The maximum Gasteiger partial charge on any atom is 0.322 e. The smallest absolute Gasteiger partial charge is 0.322 e. The van der Waals surface area contributed by atoms with Crippen LogP contribution in [0.3, 0.4) is 0 Å². The van der Waals surface area contributed by atoms with E-state index in [4.69, 9.17) is 0 Å². The van der Waals surface area contributed by atoms with Crippen LogP contribution in [0, 0.1) is 23.0 Å². The molecule has 180 valence electrons. The van der Waals surface area contributed by atoms with Crippen LogP contribution in [0.25, 0.3) is 0 Å². The van der Waals surface area contributed by atoms with Gasteiger partial charge in [-0.25, -0.2) is 13.6 Å². The second-order valence-corrected chi connectivity index (χ2v) is 9.43. The molecular weight excluding hydrogens is 434 g/mol. The molecule has 1 aliphatic carbocycles. The predicted molar refractivity (Wildman–Crippen MR) is 129 cm³/mol. The highest BCUT2D eigenvalue weighted by Gasteiger charge is 2.30. The van der Waals surface area contributed by atoms with Crippen LogP contribution in [0.2, 0.25) is 0 Å². The molecule has 2 aliphatic rings. The summed E-state index contributed by atoms with van der Waals surface area (Å²) in [7, 11) is 0. The number of hydrogen-bond donors (Lipinski definition) is 1. The maximum absolute atomic E-state index is 13.6. The van der Waals surface area contributed by atoms with Crippen molar-refractivity contribution in [3.05, 3.63) is 65.2 Å². The van der Waals surface area contributed by atoms with Crippen LogP contribution >= 0.6 is 0 Å². The third-order valence-corrected chi connectivity index (χ3v) is 7.07. The topological polar surface area (TPSA) is 59.4 Å². The van der Waals surface area contributed by atoms with Crippen LogP contribution in [0.4, 0.5) is 19.3 Å². The largest absolute Gasteiger partial charge is 0.322 e. The predicted octanol–water partition coefficient (Wildman–Crippen LogP) is 5.88. The molecule has 2 amide bonds. The molecule has 0 atom stereocenters. The van der Waals surface area contributed by atoms with E-state index in [9.17, 15) is 18.8 Å². The summed E-state index contributed by atoms with van der Waals surface area (Å²) in [4.78, 5) is 17.5. The number of nitrogens with one attached hydrogen (secondary N) is 1. The second-order valence-electron chi connectivity index (χ2n) is 9.43. The lowest BCUT2D eigenvalue weighted by molar-refractivity contribution is 0.157. The van der Waals surface area contributed by atoms with Gasteiger partial charge in [-0.1, -0.05) is 12.1 Å². The first-order valence-electron chi connectivity index (χ1n) is 12.3. The van der Waals surface area contributed by atoms with Crippen LogP contribution in [-0.2, 0) is 0 Å². The van der Waals surface area contributed by atoms with E-state index in [-0.39, 0.29) is 17.8 Å². The molecule has 1 saturated carbocycles. The Labute approximate surface area is 200 Å². The van der Waals surface area contributed by atoms with E-state index in [1.165, 1.54) is 18.4 Å². The van der Waals surface area contributed by atoms with Gasteiger partial charge in [-0.2, -0.15) is 5.26 Å². The first-order valence-corrected chi connectivity index (χ1v) is 12.3. The average molecular weight is 467 g/mol. The Kier molecular flexibility index (Phi) is 8.12. The number of hydrogen-bond acceptors (Lipinski definition) is 3. The van der Waals surface area contributed by atoms with Crippen molar-refractivity contribution in [1.29, 1.82) is 5.26 Å². The number of carbonyl (C=O) groups excluding carboxylic acids is 1. The van der Waals surface area contributed by atoms with Crippen molar-refractivity contribution < 1.29 is 13.6 Å². The highest BCUT2D eigenvalue weighted by atomic mass is 19.1. The molecule has 0 unspecified atom stereocenters. The molecule has 2 aromatic carbocycles. The number of nitrogens with zero attached hydrogens (tertiary/aromatic N) is 3. The maximum atomic E-state index is 13.6. The summed E-state index contributed by atoms with van der Waals surface area (Å²) in [5.74, 6) is -1.05. The second kappa shape index (κ2) is 11.4. The molecule has 1 N–H and O–H groups in total. The highest BCUT2D eigenvalue weighted by molar-refractivity contribution is 5.89. The van der Waals surface area contributed by atoms with Gasteiger partial charge in [0, 0.05) is 24.3 Å². The standard InChI is InChI=1S/C27H32F2N4O/c28-23-16-24(29)18-25(17-23)31-27(34)33(14-4-13-32-11-1-2-12-32)26-9-7-21(8-10-26)22-6-3-5-20(15-22)19-30/h3,5-6,15-18,21,26H,1-2,4,7-14H2,(H,31,34)/t21-,26-. The summed E-state index contributed by atoms with van der Waals surface area (Å²) in [6.07, 6.45) is 6.91. The molecule has 2 aromatic rings. The quantitative estimate of drug-likeness (QED) is 0.554. The van der Waals surface area contributed by atoms with Crippen LogP contribution < -0.4 is 5.32 Å². The Morgan fingerprint density at radius 2 is 1.76 bits per heavy atom. The summed E-state index contributed by atoms with van der Waals surface area (Å²) >= 11 is 0. The van der Waals surface area contributed by atoms with E-state index in [2.05, 4.69) is 22.4 Å². The van der Waals surface area contributed by atoms with Gasteiger partial charge in [0.25, 0.3) is 0 Å². The molecule has 2 fully saturated rings. The van der Waals surface area contributed by atoms with Gasteiger partial charge in [0.15, 0.2) is 0 Å². The Morgan fingerprint density at radius 1 is 1.06 bits per heavy atom. The zero-order chi connectivity index (χ0) is 23.9. The Hall–Kier alpha value is -2.98. The minimum Gasteiger partial charge on any atom is -0.322 e. The summed E-state index contributed by atoms with van der Waals surface area (Å²) in [6, 6.07) is 12.8. The number of halogens is 2. The Balaban J connectivity index is 1.41. The van der Waals surface area contributed by atoms with Gasteiger partial charge in [0.05, 0.1) is 11.6 Å². The molecule has 0 bridgehead atoms. The highest BCUT2D eigenvalue weighted by Crippen LogP contribution is 2.35. The number of benzene rings is 2. The molecule has 0 spiro atoms. The minimum atomic E-state index is -0.712. The summed E-state index contributed by atoms with van der Waals surface area (Å²) in [5, 5.41) is 11.9. The van der Waals surface area contributed by atoms with E-state index in [0.717, 1.165) is 69.9 Å². The fourth-order valence-corrected chi connectivity index (χ4v) is 5.33. The SMILES string of the molecule is N#Cc1cccc([C@H]2CC[C@H](N(CCCN3CCCC3)C(=O)Nc3cc(F)cc(F)c3)CC2)c1. The molecule has 0 aromatic heterocycles. The van der Waals surface area contributed by atoms with Crippen molar-refractivity contribution in [1.82, 2.24) is 9.80 Å². The van der Waals surface area contributed by atoms with Crippen LogP contribution in [0.5, 0.6) is 0 Å². The van der Waals surface area contributed by atoms with Crippen molar-refractivity contribution in [2.45, 2.75) is 56.9 Å². The van der Waals surface area contributed by atoms with Crippen molar-refractivity contribution in [2.24, 2.45) is 0 Å². The van der Waals surface area contributed by atoms with Gasteiger partial charge in [-0.3, -0.25) is 0 Å². The first kappa shape index (κ1) is 24.2. The summed E-state index contributed by atoms with van der Waals surface area (Å²) in [5.41, 5.74) is 1.98. The molecule has 1 saturated heterocycles. The lowest BCUT2D eigenvalue weighted by Gasteiger charge is -2.37. The van der Waals surface area contributed by atoms with Gasteiger partial charge in [-0.15, -0.1) is 0 Å². The van der Waals surface area contributed by atoms with E-state index >= 15 is 0 Å². The van der Waals surface area contributed by atoms with E-state index in [1.54, 1.807) is 0 Å². The zero-order valence-electron chi connectivity index (χ0n) is 19.5. The Morgan fingerprint density at radius 3 is 2.44 bits per heavy atom. The minimum absolute atomic E-state index is 0.0763. The number of anilines is 1. The molecule has 7 heteroatoms. The summed E-state index contributed by atoms with van der Waals surface area (Å²) < 4.78 is 27.3. The van der Waals surface area contributed by atoms with Gasteiger partial charge in [-0.05, 0) is 100 Å². The van der Waals surface area contributed by atoms with Crippen LogP contribution in [0.15, 0.2) is 42.5 Å². The zero-order valence-corrected chi connectivity index (χ0v) is 19.5. The van der Waals surface area contributed by atoms with Crippen LogP contribution in [0.1, 0.15) is 62.0 Å². The average Bonchev–Trinajstić information content (AvgIpc) is 3.35. The lowest BCUT2D eigenvalue weighted by Crippen LogP contribution is -2.45. The number of amides is 2. The number of carbonyl (C=O) groups is 1. The normalized spacial score (nSPS) is 20.6. The van der Waals surface area contributed by atoms with Gasteiger partial charge in [0.1, 0.15) is 11.6 Å². The first-order chi connectivity index (χ1) is 16.5. The lowest BCUT2D eigenvalue weighted by atomic mass is 9.81. The fraction of sp³-hybridized carbons (Fsp3) is 0.481. The molecule has 4 rings (SSSR count). The van der Waals surface area contributed by atoms with E-state index < -0.39 is 11.6 Å². The van der Waals surface area contributed by atoms with Crippen molar-refractivity contribution >= 4 is 11.7 Å². The van der Waals surface area contributed by atoms with Crippen LogP contribution in [-0.4, -0.2) is 48.1 Å². The number of likely N-dealkylation sites (tertiary alicyclic amines) is 1. The molecular formula is C27H32F2N4O. The number of urea groups is 1. The van der Waals surface area contributed by atoms with Gasteiger partial charge < -0.3 is 15.1 Å². The third-order valence-electron chi connectivity index (χ3n) is 7.07. The molecule has 5 nitrogen and oxygen atoms in total. The van der Waals surface area contributed by atoms with Crippen molar-refractivity contribution in [3.63, 3.8) is 0 Å². The molecule has 1 aliphatic heterocycles. The summed E-state index contributed by atoms with van der Waals surface area (Å²) in [6.45, 7) is 3.79. The van der Waals surface area contributed by atoms with E-state index in [1.807, 2.05) is 23.1 Å².